The molecule has 0 bridgehead atoms. The molecule has 0 aliphatic carbocycles. The van der Waals surface area contributed by atoms with Gasteiger partial charge in [0.05, 0.1) is 0 Å². The summed E-state index contributed by atoms with van der Waals surface area (Å²) in [5, 5.41) is 5.72. The highest BCUT2D eigenvalue weighted by atomic mass is 79.9. The highest BCUT2D eigenvalue weighted by Gasteiger charge is 2.00. The lowest BCUT2D eigenvalue weighted by Gasteiger charge is -2.08. The van der Waals surface area contributed by atoms with Crippen molar-refractivity contribution in [2.45, 2.75) is 19.9 Å². The van der Waals surface area contributed by atoms with Crippen LogP contribution in [0.15, 0.2) is 53.0 Å². The van der Waals surface area contributed by atoms with Crippen LogP contribution in [0.5, 0.6) is 0 Å². The largest absolute Gasteiger partial charge is 0.338 e. The van der Waals surface area contributed by atoms with E-state index in [1.165, 1.54) is 11.1 Å². The molecule has 2 aromatic carbocycles. The Labute approximate surface area is 133 Å². The molecule has 110 valence electrons. The van der Waals surface area contributed by atoms with E-state index in [-0.39, 0.29) is 6.03 Å². The van der Waals surface area contributed by atoms with Crippen molar-refractivity contribution in [1.29, 1.82) is 0 Å². The molecule has 0 aliphatic rings. The maximum Gasteiger partial charge on any atom is 0.315 e. The molecule has 0 saturated heterocycles. The molecule has 0 aromatic heterocycles. The summed E-state index contributed by atoms with van der Waals surface area (Å²) in [4.78, 5) is 11.7. The van der Waals surface area contributed by atoms with Crippen LogP contribution in [-0.4, -0.2) is 12.6 Å². The minimum Gasteiger partial charge on any atom is -0.338 e. The summed E-state index contributed by atoms with van der Waals surface area (Å²) in [7, 11) is 0. The monoisotopic (exact) mass is 346 g/mol. The van der Waals surface area contributed by atoms with E-state index in [9.17, 15) is 4.79 Å². The second-order valence-electron chi connectivity index (χ2n) is 4.97. The van der Waals surface area contributed by atoms with E-state index in [0.29, 0.717) is 13.1 Å². The number of hydrogen-bond donors (Lipinski definition) is 2. The number of hydrogen-bond acceptors (Lipinski definition) is 1. The van der Waals surface area contributed by atoms with Crippen LogP contribution in [-0.2, 0) is 13.0 Å². The predicted octanol–water partition coefficient (Wildman–Crippen LogP) is 3.80. The maximum atomic E-state index is 11.7. The zero-order valence-corrected chi connectivity index (χ0v) is 13.6. The van der Waals surface area contributed by atoms with Crippen molar-refractivity contribution in [3.63, 3.8) is 0 Å². The van der Waals surface area contributed by atoms with Crippen LogP contribution in [0.4, 0.5) is 4.79 Å². The lowest BCUT2D eigenvalue weighted by Crippen LogP contribution is -2.36. The molecule has 0 saturated carbocycles. The number of urea groups is 1. The fourth-order valence-electron chi connectivity index (χ4n) is 1.96. The summed E-state index contributed by atoms with van der Waals surface area (Å²) < 4.78 is 1.06. The van der Waals surface area contributed by atoms with Crippen molar-refractivity contribution in [1.82, 2.24) is 10.6 Å². The Kier molecular flexibility index (Phi) is 5.81. The van der Waals surface area contributed by atoms with Gasteiger partial charge in [-0.2, -0.15) is 0 Å². The van der Waals surface area contributed by atoms with Crippen molar-refractivity contribution < 1.29 is 4.79 Å². The van der Waals surface area contributed by atoms with Gasteiger partial charge in [0.25, 0.3) is 0 Å². The fraction of sp³-hybridized carbons (Fsp3) is 0.235. The highest BCUT2D eigenvalue weighted by molar-refractivity contribution is 9.10. The van der Waals surface area contributed by atoms with E-state index in [4.69, 9.17) is 0 Å². The van der Waals surface area contributed by atoms with Gasteiger partial charge in [0.1, 0.15) is 0 Å². The van der Waals surface area contributed by atoms with E-state index in [1.807, 2.05) is 43.3 Å². The first kappa shape index (κ1) is 15.6. The summed E-state index contributed by atoms with van der Waals surface area (Å²) in [6, 6.07) is 16.1. The smallest absolute Gasteiger partial charge is 0.315 e. The molecule has 2 amide bonds. The molecule has 3 nitrogen and oxygen atoms in total. The van der Waals surface area contributed by atoms with Gasteiger partial charge in [-0.3, -0.25) is 0 Å². The highest BCUT2D eigenvalue weighted by Crippen LogP contribution is 2.11. The summed E-state index contributed by atoms with van der Waals surface area (Å²) in [5.74, 6) is 0. The van der Waals surface area contributed by atoms with Crippen LogP contribution in [0.25, 0.3) is 0 Å². The van der Waals surface area contributed by atoms with Gasteiger partial charge < -0.3 is 10.6 Å². The minimum atomic E-state index is -0.134. The molecule has 2 rings (SSSR count). The lowest BCUT2D eigenvalue weighted by atomic mass is 10.1. The molecule has 0 unspecified atom stereocenters. The van der Waals surface area contributed by atoms with Crippen LogP contribution in [0.2, 0.25) is 0 Å². The molecule has 2 aromatic rings. The Morgan fingerprint density at radius 3 is 2.52 bits per heavy atom. The lowest BCUT2D eigenvalue weighted by molar-refractivity contribution is 0.240. The summed E-state index contributed by atoms with van der Waals surface area (Å²) in [6.07, 6.45) is 0.817. The number of aryl methyl sites for hydroxylation is 1. The first-order valence-corrected chi connectivity index (χ1v) is 7.74. The molecule has 0 spiro atoms. The Morgan fingerprint density at radius 2 is 1.81 bits per heavy atom. The first-order valence-electron chi connectivity index (χ1n) is 6.95. The Morgan fingerprint density at radius 1 is 1.05 bits per heavy atom. The second-order valence-corrected chi connectivity index (χ2v) is 5.89. The quantitative estimate of drug-likeness (QED) is 0.849. The molecule has 0 aliphatic heterocycles. The van der Waals surface area contributed by atoms with Crippen LogP contribution in [0, 0.1) is 6.92 Å². The SMILES string of the molecule is Cc1ccc(CNC(=O)NCCc2cccc(Br)c2)cc1. The molecular formula is C17H19BrN2O. The third kappa shape index (κ3) is 5.60. The van der Waals surface area contributed by atoms with Gasteiger partial charge >= 0.3 is 6.03 Å². The van der Waals surface area contributed by atoms with Crippen LogP contribution in [0.1, 0.15) is 16.7 Å². The number of nitrogens with one attached hydrogen (secondary N) is 2. The van der Waals surface area contributed by atoms with Gasteiger partial charge in [0, 0.05) is 17.6 Å². The molecule has 4 heteroatoms. The third-order valence-electron chi connectivity index (χ3n) is 3.16. The molecule has 2 N–H and O–H groups in total. The number of amides is 2. The normalized spacial score (nSPS) is 10.2. The number of rotatable bonds is 5. The number of carbonyl (C=O) groups excluding carboxylic acids is 1. The molecule has 0 atom stereocenters. The predicted molar refractivity (Wildman–Crippen MR) is 89.3 cm³/mol. The van der Waals surface area contributed by atoms with Gasteiger partial charge in [0.2, 0.25) is 0 Å². The maximum absolute atomic E-state index is 11.7. The van der Waals surface area contributed by atoms with Gasteiger partial charge in [-0.15, -0.1) is 0 Å². The average molecular weight is 347 g/mol. The van der Waals surface area contributed by atoms with Crippen molar-refractivity contribution in [3.05, 3.63) is 69.7 Å². The van der Waals surface area contributed by atoms with E-state index in [2.05, 4.69) is 38.7 Å². The Bertz CT molecular complexity index is 596. The topological polar surface area (TPSA) is 41.1 Å². The molecule has 0 radical (unpaired) electrons. The van der Waals surface area contributed by atoms with Crippen molar-refractivity contribution in [3.8, 4) is 0 Å². The summed E-state index contributed by atoms with van der Waals surface area (Å²) in [5.41, 5.74) is 3.52. The second kappa shape index (κ2) is 7.84. The molecule has 21 heavy (non-hydrogen) atoms. The van der Waals surface area contributed by atoms with E-state index >= 15 is 0 Å². The molecular weight excluding hydrogens is 328 g/mol. The standard InChI is InChI=1S/C17H19BrN2O/c1-13-5-7-15(8-6-13)12-20-17(21)19-10-9-14-3-2-4-16(18)11-14/h2-8,11H,9-10,12H2,1H3,(H2,19,20,21). The fourth-order valence-corrected chi connectivity index (χ4v) is 2.41. The number of halogens is 1. The first-order chi connectivity index (χ1) is 10.1. The minimum absolute atomic E-state index is 0.134. The van der Waals surface area contributed by atoms with Crippen LogP contribution < -0.4 is 10.6 Å². The van der Waals surface area contributed by atoms with Crippen molar-refractivity contribution in [2.24, 2.45) is 0 Å². The van der Waals surface area contributed by atoms with Crippen molar-refractivity contribution >= 4 is 22.0 Å². The van der Waals surface area contributed by atoms with Gasteiger partial charge in [0.15, 0.2) is 0 Å². The van der Waals surface area contributed by atoms with Crippen LogP contribution in [0.3, 0.4) is 0 Å². The van der Waals surface area contributed by atoms with Gasteiger partial charge in [-0.1, -0.05) is 57.9 Å². The van der Waals surface area contributed by atoms with E-state index in [0.717, 1.165) is 16.5 Å². The van der Waals surface area contributed by atoms with E-state index in [1.54, 1.807) is 0 Å². The summed E-state index contributed by atoms with van der Waals surface area (Å²) >= 11 is 3.44. The van der Waals surface area contributed by atoms with Gasteiger partial charge in [-0.05, 0) is 36.6 Å². The number of carbonyl (C=O) groups is 1. The van der Waals surface area contributed by atoms with Crippen molar-refractivity contribution in [2.75, 3.05) is 6.54 Å². The zero-order valence-electron chi connectivity index (χ0n) is 12.0. The number of benzene rings is 2. The Balaban J connectivity index is 1.69. The molecule has 0 fully saturated rings. The summed E-state index contributed by atoms with van der Waals surface area (Å²) in [6.45, 7) is 3.21. The van der Waals surface area contributed by atoms with Crippen LogP contribution >= 0.6 is 15.9 Å². The average Bonchev–Trinajstić information content (AvgIpc) is 2.47. The van der Waals surface area contributed by atoms with Gasteiger partial charge in [-0.25, -0.2) is 4.79 Å². The molecule has 0 heterocycles. The van der Waals surface area contributed by atoms with E-state index < -0.39 is 0 Å². The Hall–Kier alpha value is -1.81. The zero-order chi connectivity index (χ0) is 15.1. The third-order valence-corrected chi connectivity index (χ3v) is 3.66.